The first-order valence-corrected chi connectivity index (χ1v) is 6.28. The van der Waals surface area contributed by atoms with Gasteiger partial charge in [0.25, 0.3) is 11.1 Å². The molecular formula is C16H10N2O3. The largest absolute Gasteiger partial charge is 0.320 e. The normalized spacial score (nSPS) is 10.5. The highest BCUT2D eigenvalue weighted by atomic mass is 16.1. The molecule has 0 aliphatic heterocycles. The van der Waals surface area contributed by atoms with Crippen molar-refractivity contribution < 1.29 is 4.79 Å². The number of nitrogens with zero attached hydrogens (tertiary/aromatic N) is 1. The fourth-order valence-electron chi connectivity index (χ4n) is 2.08. The SMILES string of the molecule is O=C(c1ccccc1)c1ccc2[nH]c(=O)cnc(=O)c2c1. The molecule has 2 aromatic carbocycles. The van der Waals surface area contributed by atoms with Gasteiger partial charge in [0, 0.05) is 11.1 Å². The summed E-state index contributed by atoms with van der Waals surface area (Å²) in [5.41, 5.74) is 0.244. The molecule has 1 N–H and O–H groups in total. The lowest BCUT2D eigenvalue weighted by Gasteiger charge is -2.01. The molecule has 1 aromatic heterocycles. The molecule has 102 valence electrons. The smallest absolute Gasteiger partial charge is 0.279 e. The molecule has 0 fully saturated rings. The van der Waals surface area contributed by atoms with Crippen LogP contribution in [0.3, 0.4) is 0 Å². The zero-order valence-electron chi connectivity index (χ0n) is 10.9. The number of rotatable bonds is 2. The Kier molecular flexibility index (Phi) is 3.16. The number of aromatic nitrogens is 2. The maximum absolute atomic E-state index is 12.4. The number of carbonyl (C=O) groups excluding carboxylic acids is 1. The Labute approximate surface area is 118 Å². The third kappa shape index (κ3) is 2.49. The van der Waals surface area contributed by atoms with Gasteiger partial charge in [-0.25, -0.2) is 4.98 Å². The third-order valence-electron chi connectivity index (χ3n) is 3.11. The Morgan fingerprint density at radius 1 is 0.952 bits per heavy atom. The molecule has 0 radical (unpaired) electrons. The predicted octanol–water partition coefficient (Wildman–Crippen LogP) is 1.51. The van der Waals surface area contributed by atoms with Gasteiger partial charge in [0.2, 0.25) is 0 Å². The molecule has 0 aliphatic rings. The molecule has 21 heavy (non-hydrogen) atoms. The highest BCUT2D eigenvalue weighted by Crippen LogP contribution is 2.13. The zero-order valence-corrected chi connectivity index (χ0v) is 10.9. The number of hydrogen-bond acceptors (Lipinski definition) is 4. The van der Waals surface area contributed by atoms with Gasteiger partial charge in [0.1, 0.15) is 0 Å². The second-order valence-electron chi connectivity index (χ2n) is 4.51. The van der Waals surface area contributed by atoms with Gasteiger partial charge in [-0.15, -0.1) is 0 Å². The summed E-state index contributed by atoms with van der Waals surface area (Å²) < 4.78 is 0. The molecule has 0 atom stereocenters. The van der Waals surface area contributed by atoms with E-state index >= 15 is 0 Å². The average Bonchev–Trinajstić information content (AvgIpc) is 2.66. The van der Waals surface area contributed by atoms with Gasteiger partial charge in [0.15, 0.2) is 5.78 Å². The van der Waals surface area contributed by atoms with Gasteiger partial charge >= 0.3 is 0 Å². The zero-order chi connectivity index (χ0) is 14.8. The van der Waals surface area contributed by atoms with Crippen LogP contribution in [0.4, 0.5) is 0 Å². The van der Waals surface area contributed by atoms with Crippen molar-refractivity contribution in [1.29, 1.82) is 0 Å². The first-order chi connectivity index (χ1) is 10.1. The third-order valence-corrected chi connectivity index (χ3v) is 3.11. The lowest BCUT2D eigenvalue weighted by Crippen LogP contribution is -2.05. The van der Waals surface area contributed by atoms with Crippen LogP contribution >= 0.6 is 0 Å². The number of nitrogens with one attached hydrogen (secondary N) is 1. The van der Waals surface area contributed by atoms with Crippen LogP contribution in [0, 0.1) is 0 Å². The molecule has 1 heterocycles. The Bertz CT molecular complexity index is 946. The summed E-state index contributed by atoms with van der Waals surface area (Å²) in [6.07, 6.45) is 0.932. The molecule has 3 aromatic rings. The van der Waals surface area contributed by atoms with Gasteiger partial charge < -0.3 is 4.98 Å². The fraction of sp³-hybridized carbons (Fsp3) is 0. The molecule has 5 nitrogen and oxygen atoms in total. The number of benzene rings is 2. The van der Waals surface area contributed by atoms with Gasteiger partial charge in [-0.1, -0.05) is 30.3 Å². The van der Waals surface area contributed by atoms with E-state index in [1.165, 1.54) is 12.1 Å². The van der Waals surface area contributed by atoms with Gasteiger partial charge in [0.05, 0.1) is 17.1 Å². The molecule has 0 aliphatic carbocycles. The van der Waals surface area contributed by atoms with E-state index in [0.29, 0.717) is 16.6 Å². The maximum atomic E-state index is 12.4. The minimum atomic E-state index is -0.550. The van der Waals surface area contributed by atoms with E-state index in [1.807, 2.05) is 6.07 Å². The van der Waals surface area contributed by atoms with Crippen molar-refractivity contribution >= 4 is 16.7 Å². The van der Waals surface area contributed by atoms with Crippen LogP contribution in [-0.4, -0.2) is 15.8 Å². The second-order valence-corrected chi connectivity index (χ2v) is 4.51. The number of ketones is 1. The van der Waals surface area contributed by atoms with E-state index in [-0.39, 0.29) is 11.2 Å². The number of H-pyrrole nitrogens is 1. The van der Waals surface area contributed by atoms with Crippen LogP contribution in [0.1, 0.15) is 15.9 Å². The summed E-state index contributed by atoms with van der Waals surface area (Å²) in [5.74, 6) is -0.189. The number of hydrogen-bond donors (Lipinski definition) is 1. The molecule has 0 spiro atoms. The lowest BCUT2D eigenvalue weighted by atomic mass is 10.0. The Morgan fingerprint density at radius 2 is 1.71 bits per heavy atom. The van der Waals surface area contributed by atoms with Crippen molar-refractivity contribution in [2.75, 3.05) is 0 Å². The molecule has 5 heteroatoms. The first-order valence-electron chi connectivity index (χ1n) is 6.28. The van der Waals surface area contributed by atoms with E-state index in [2.05, 4.69) is 9.97 Å². The highest BCUT2D eigenvalue weighted by molar-refractivity contribution is 6.10. The lowest BCUT2D eigenvalue weighted by molar-refractivity contribution is 0.103. The first kappa shape index (κ1) is 12.9. The van der Waals surface area contributed by atoms with Crippen LogP contribution < -0.4 is 11.1 Å². The van der Waals surface area contributed by atoms with Crippen LogP contribution in [0.5, 0.6) is 0 Å². The van der Waals surface area contributed by atoms with Crippen molar-refractivity contribution in [2.24, 2.45) is 0 Å². The molecular weight excluding hydrogens is 268 g/mol. The number of fused-ring (bicyclic) bond motifs is 1. The minimum absolute atomic E-state index is 0.189. The molecule has 0 bridgehead atoms. The van der Waals surface area contributed by atoms with E-state index in [9.17, 15) is 14.4 Å². The second kappa shape index (κ2) is 5.13. The molecule has 0 unspecified atom stereocenters. The Morgan fingerprint density at radius 3 is 2.48 bits per heavy atom. The van der Waals surface area contributed by atoms with Crippen molar-refractivity contribution in [3.8, 4) is 0 Å². The summed E-state index contributed by atoms with van der Waals surface area (Å²) in [7, 11) is 0. The number of aromatic amines is 1. The molecule has 0 saturated heterocycles. The van der Waals surface area contributed by atoms with E-state index in [0.717, 1.165) is 6.20 Å². The Balaban J connectivity index is 2.21. The number of carbonyl (C=O) groups is 1. The topological polar surface area (TPSA) is 79.9 Å². The van der Waals surface area contributed by atoms with Gasteiger partial charge in [-0.05, 0) is 18.2 Å². The van der Waals surface area contributed by atoms with E-state index < -0.39 is 11.1 Å². The summed E-state index contributed by atoms with van der Waals surface area (Å²) in [6, 6.07) is 13.3. The monoisotopic (exact) mass is 278 g/mol. The van der Waals surface area contributed by atoms with Crippen LogP contribution in [0.2, 0.25) is 0 Å². The van der Waals surface area contributed by atoms with Crippen molar-refractivity contribution in [2.45, 2.75) is 0 Å². The highest BCUT2D eigenvalue weighted by Gasteiger charge is 2.10. The summed E-state index contributed by atoms with van der Waals surface area (Å²) >= 11 is 0. The van der Waals surface area contributed by atoms with Crippen molar-refractivity contribution in [3.05, 3.63) is 86.6 Å². The van der Waals surface area contributed by atoms with Crippen LogP contribution in [-0.2, 0) is 0 Å². The quantitative estimate of drug-likeness (QED) is 0.721. The van der Waals surface area contributed by atoms with Crippen LogP contribution in [0.25, 0.3) is 10.9 Å². The average molecular weight is 278 g/mol. The predicted molar refractivity (Wildman–Crippen MR) is 78.5 cm³/mol. The fourth-order valence-corrected chi connectivity index (χ4v) is 2.08. The summed E-state index contributed by atoms with van der Waals surface area (Å²) in [5, 5.41) is 0.207. The minimum Gasteiger partial charge on any atom is -0.320 e. The maximum Gasteiger partial charge on any atom is 0.279 e. The van der Waals surface area contributed by atoms with Crippen molar-refractivity contribution in [1.82, 2.24) is 9.97 Å². The van der Waals surface area contributed by atoms with Crippen LogP contribution in [0.15, 0.2) is 64.3 Å². The summed E-state index contributed by atoms with van der Waals surface area (Å²) in [4.78, 5) is 41.6. The standard InChI is InChI=1S/C16H10N2O3/c19-14-9-17-16(21)12-8-11(6-7-13(12)18-14)15(20)10-4-2-1-3-5-10/h1-9H,(H,18,19). The summed E-state index contributed by atoms with van der Waals surface area (Å²) in [6.45, 7) is 0. The van der Waals surface area contributed by atoms with E-state index in [4.69, 9.17) is 0 Å². The molecule has 0 saturated carbocycles. The molecule has 0 amide bonds. The van der Waals surface area contributed by atoms with E-state index in [1.54, 1.807) is 30.3 Å². The van der Waals surface area contributed by atoms with Gasteiger partial charge in [-0.2, -0.15) is 0 Å². The van der Waals surface area contributed by atoms with Crippen molar-refractivity contribution in [3.63, 3.8) is 0 Å². The van der Waals surface area contributed by atoms with Gasteiger partial charge in [-0.3, -0.25) is 14.4 Å². The molecule has 3 rings (SSSR count). The Hall–Kier alpha value is -3.08.